The Morgan fingerprint density at radius 3 is 1.97 bits per heavy atom. The monoisotopic (exact) mass is 596 g/mol. The smallest absolute Gasteiger partial charge is 1.00 e. The minimum absolute atomic E-state index is 0. The molecule has 0 unspecified atom stereocenters. The summed E-state index contributed by atoms with van der Waals surface area (Å²) in [5, 5.41) is 7.12. The standard InChI is InChI=1S/C16H13.C15H20P.2ClH.Zr/c1-12-10-14-8-5-9-15(16(14)11-12)13-6-3-2-4-7-13;1-3-9-16(10-4-2)15-11-13-7-5-6-8-14(13)12-15;;;/h2-11H,1H3;5-8,11-12H,3-4,9-10H2,1-2H3;2*1H;/q2*-1;;;+4/p-2. The third-order valence-electron chi connectivity index (χ3n) is 5.93. The molecule has 0 radical (unpaired) electrons. The van der Waals surface area contributed by atoms with Crippen LogP contribution in [-0.4, -0.2) is 12.3 Å². The van der Waals surface area contributed by atoms with Crippen molar-refractivity contribution < 1.29 is 51.0 Å². The molecular formula is C31H33Cl2PZr. The normalized spacial score (nSPS) is 10.2. The Morgan fingerprint density at radius 2 is 1.31 bits per heavy atom. The fourth-order valence-electron chi connectivity index (χ4n) is 4.48. The largest absolute Gasteiger partial charge is 4.00 e. The molecule has 0 aliphatic heterocycles. The number of aryl methyl sites for hydroxylation is 1. The molecule has 5 rings (SSSR count). The minimum Gasteiger partial charge on any atom is -1.00 e. The van der Waals surface area contributed by atoms with E-state index in [4.69, 9.17) is 0 Å². The van der Waals surface area contributed by atoms with Crippen molar-refractivity contribution >= 4 is 34.8 Å². The number of fused-ring (bicyclic) bond motifs is 2. The van der Waals surface area contributed by atoms with Crippen LogP contribution in [0.15, 0.2) is 97.1 Å². The molecule has 0 N–H and O–H groups in total. The van der Waals surface area contributed by atoms with Gasteiger partial charge in [-0.2, -0.15) is 12.1 Å². The molecule has 0 aliphatic carbocycles. The van der Waals surface area contributed by atoms with Crippen molar-refractivity contribution in [1.29, 1.82) is 0 Å². The van der Waals surface area contributed by atoms with Gasteiger partial charge < -0.3 is 24.8 Å². The average Bonchev–Trinajstić information content (AvgIpc) is 3.42. The number of halogens is 2. The predicted molar refractivity (Wildman–Crippen MR) is 146 cm³/mol. The second kappa shape index (κ2) is 15.8. The Morgan fingerprint density at radius 1 is 0.686 bits per heavy atom. The Bertz CT molecular complexity index is 1230. The summed E-state index contributed by atoms with van der Waals surface area (Å²) in [7, 11) is 0.0972. The predicted octanol–water partition coefficient (Wildman–Crippen LogP) is 3.03. The van der Waals surface area contributed by atoms with E-state index in [1.807, 2.05) is 0 Å². The summed E-state index contributed by atoms with van der Waals surface area (Å²) in [4.78, 5) is 0. The van der Waals surface area contributed by atoms with E-state index in [2.05, 4.69) is 118 Å². The maximum absolute atomic E-state index is 2.41. The number of benzene rings is 3. The van der Waals surface area contributed by atoms with Gasteiger partial charge in [0.25, 0.3) is 0 Å². The first-order valence-corrected chi connectivity index (χ1v) is 13.5. The average molecular weight is 599 g/mol. The summed E-state index contributed by atoms with van der Waals surface area (Å²) in [6, 6.07) is 35.1. The van der Waals surface area contributed by atoms with Crippen LogP contribution in [0.25, 0.3) is 32.7 Å². The molecule has 0 nitrogen and oxygen atoms in total. The van der Waals surface area contributed by atoms with Gasteiger partial charge in [0.05, 0.1) is 0 Å². The zero-order chi connectivity index (χ0) is 22.3. The van der Waals surface area contributed by atoms with E-state index >= 15 is 0 Å². The molecule has 0 saturated heterocycles. The van der Waals surface area contributed by atoms with Crippen LogP contribution >= 0.6 is 7.92 Å². The van der Waals surface area contributed by atoms with Crippen LogP contribution in [0.1, 0.15) is 32.3 Å². The zero-order valence-corrected chi connectivity index (χ0v) is 25.6. The van der Waals surface area contributed by atoms with Crippen LogP contribution in [0.3, 0.4) is 0 Å². The van der Waals surface area contributed by atoms with Gasteiger partial charge in [-0.05, 0) is 17.9 Å². The van der Waals surface area contributed by atoms with Crippen molar-refractivity contribution in [2.45, 2.75) is 33.6 Å². The molecule has 0 saturated carbocycles. The summed E-state index contributed by atoms with van der Waals surface area (Å²) in [6.07, 6.45) is 5.40. The molecule has 0 heterocycles. The third kappa shape index (κ3) is 8.13. The first kappa shape index (κ1) is 31.8. The molecule has 5 aromatic rings. The van der Waals surface area contributed by atoms with Crippen LogP contribution < -0.4 is 30.1 Å². The van der Waals surface area contributed by atoms with Crippen molar-refractivity contribution in [2.75, 3.05) is 12.3 Å². The van der Waals surface area contributed by atoms with Crippen LogP contribution in [0.5, 0.6) is 0 Å². The van der Waals surface area contributed by atoms with Gasteiger partial charge in [-0.1, -0.05) is 89.6 Å². The SMILES string of the molecule is CCCP(CCC)c1cc2ccccc2[cH-]1.Cc1cc2c(-c3ccccc3)cccc2[cH-]1.[Cl-].[Cl-].[Zr+4]. The van der Waals surface area contributed by atoms with Crippen molar-refractivity contribution in [1.82, 2.24) is 0 Å². The van der Waals surface area contributed by atoms with Gasteiger partial charge in [0.1, 0.15) is 0 Å². The fraction of sp³-hybridized carbons (Fsp3) is 0.226. The van der Waals surface area contributed by atoms with Crippen LogP contribution in [0.2, 0.25) is 0 Å². The van der Waals surface area contributed by atoms with Crippen LogP contribution in [0, 0.1) is 6.92 Å². The van der Waals surface area contributed by atoms with Gasteiger partial charge in [0.2, 0.25) is 0 Å². The molecule has 4 heteroatoms. The maximum atomic E-state index is 2.41. The molecule has 0 aliphatic rings. The second-order valence-electron chi connectivity index (χ2n) is 8.54. The maximum Gasteiger partial charge on any atom is 4.00 e. The van der Waals surface area contributed by atoms with Gasteiger partial charge in [0.15, 0.2) is 0 Å². The Balaban J connectivity index is 0.000000322. The van der Waals surface area contributed by atoms with E-state index in [1.165, 1.54) is 63.4 Å². The molecule has 0 amide bonds. The Kier molecular flexibility index (Phi) is 14.3. The second-order valence-corrected chi connectivity index (χ2v) is 11.0. The first-order valence-electron chi connectivity index (χ1n) is 11.8. The Hall–Kier alpha value is -1.23. The molecule has 0 fully saturated rings. The van der Waals surface area contributed by atoms with Gasteiger partial charge in [0, 0.05) is 0 Å². The van der Waals surface area contributed by atoms with E-state index in [0.717, 1.165) is 0 Å². The van der Waals surface area contributed by atoms with Gasteiger partial charge in [-0.15, -0.1) is 74.9 Å². The Labute approximate surface area is 244 Å². The first-order chi connectivity index (χ1) is 15.7. The van der Waals surface area contributed by atoms with E-state index in [0.29, 0.717) is 0 Å². The molecule has 0 spiro atoms. The summed E-state index contributed by atoms with van der Waals surface area (Å²) >= 11 is 0. The van der Waals surface area contributed by atoms with Crippen LogP contribution in [0.4, 0.5) is 0 Å². The topological polar surface area (TPSA) is 0 Å². The molecular weight excluding hydrogens is 565 g/mol. The number of rotatable bonds is 6. The van der Waals surface area contributed by atoms with Crippen molar-refractivity contribution in [3.05, 3.63) is 103 Å². The van der Waals surface area contributed by atoms with E-state index < -0.39 is 0 Å². The number of hydrogen-bond acceptors (Lipinski definition) is 0. The van der Waals surface area contributed by atoms with E-state index in [9.17, 15) is 0 Å². The molecule has 0 atom stereocenters. The molecule has 35 heavy (non-hydrogen) atoms. The number of hydrogen-bond donors (Lipinski definition) is 0. The molecule has 0 bridgehead atoms. The van der Waals surface area contributed by atoms with Gasteiger partial charge in [-0.25, -0.2) is 0 Å². The van der Waals surface area contributed by atoms with E-state index in [1.54, 1.807) is 5.30 Å². The van der Waals surface area contributed by atoms with Gasteiger partial charge >= 0.3 is 26.2 Å². The van der Waals surface area contributed by atoms with Crippen molar-refractivity contribution in [3.8, 4) is 11.1 Å². The van der Waals surface area contributed by atoms with Crippen LogP contribution in [-0.2, 0) is 26.2 Å². The zero-order valence-electron chi connectivity index (χ0n) is 20.8. The molecule has 180 valence electrons. The minimum atomic E-state index is 0. The summed E-state index contributed by atoms with van der Waals surface area (Å²) < 4.78 is 0. The van der Waals surface area contributed by atoms with Crippen molar-refractivity contribution in [3.63, 3.8) is 0 Å². The van der Waals surface area contributed by atoms with E-state index in [-0.39, 0.29) is 58.9 Å². The summed E-state index contributed by atoms with van der Waals surface area (Å²) in [6.45, 7) is 6.75. The summed E-state index contributed by atoms with van der Waals surface area (Å²) in [5.74, 6) is 0. The van der Waals surface area contributed by atoms with Crippen molar-refractivity contribution in [2.24, 2.45) is 0 Å². The molecule has 0 aromatic heterocycles. The quantitative estimate of drug-likeness (QED) is 0.208. The molecule has 5 aromatic carbocycles. The third-order valence-corrected chi connectivity index (χ3v) is 8.90. The fourth-order valence-corrected chi connectivity index (χ4v) is 6.94. The summed E-state index contributed by atoms with van der Waals surface area (Å²) in [5.41, 5.74) is 3.95. The van der Waals surface area contributed by atoms with Gasteiger partial charge in [-0.3, -0.25) is 0 Å².